The van der Waals surface area contributed by atoms with Crippen LogP contribution in [0.4, 0.5) is 11.6 Å². The topological polar surface area (TPSA) is 96.7 Å². The second kappa shape index (κ2) is 5.17. The van der Waals surface area contributed by atoms with Gasteiger partial charge in [0.25, 0.3) is 5.56 Å². The van der Waals surface area contributed by atoms with E-state index < -0.39 is 0 Å². The van der Waals surface area contributed by atoms with Gasteiger partial charge in [-0.1, -0.05) is 0 Å². The predicted molar refractivity (Wildman–Crippen MR) is 85.7 cm³/mol. The van der Waals surface area contributed by atoms with Crippen molar-refractivity contribution >= 4 is 33.9 Å². The van der Waals surface area contributed by atoms with E-state index in [0.717, 1.165) is 10.7 Å². The summed E-state index contributed by atoms with van der Waals surface area (Å²) in [5.74, 6) is 0.428. The van der Waals surface area contributed by atoms with E-state index >= 15 is 0 Å². The molecule has 6 nitrogen and oxygen atoms in total. The summed E-state index contributed by atoms with van der Waals surface area (Å²) in [5, 5.41) is 6.60. The van der Waals surface area contributed by atoms with E-state index in [9.17, 15) is 4.79 Å². The highest BCUT2D eigenvalue weighted by molar-refractivity contribution is 7.09. The van der Waals surface area contributed by atoms with Crippen LogP contribution < -0.4 is 16.6 Å². The highest BCUT2D eigenvalue weighted by Crippen LogP contribution is 2.21. The number of anilines is 2. The van der Waals surface area contributed by atoms with Crippen LogP contribution in [0, 0.1) is 6.92 Å². The van der Waals surface area contributed by atoms with E-state index in [1.165, 1.54) is 0 Å². The van der Waals surface area contributed by atoms with E-state index in [2.05, 4.69) is 20.3 Å². The van der Waals surface area contributed by atoms with Gasteiger partial charge in [-0.15, -0.1) is 11.3 Å². The van der Waals surface area contributed by atoms with E-state index in [0.29, 0.717) is 22.5 Å². The monoisotopic (exact) mass is 301 g/mol. The molecule has 0 aliphatic carbocycles. The number of H-pyrrole nitrogens is 1. The van der Waals surface area contributed by atoms with Gasteiger partial charge in [-0.05, 0) is 32.0 Å². The minimum absolute atomic E-state index is 0.0296. The molecule has 3 aromatic rings. The minimum atomic E-state index is -0.211. The van der Waals surface area contributed by atoms with Crippen molar-refractivity contribution in [3.8, 4) is 0 Å². The summed E-state index contributed by atoms with van der Waals surface area (Å²) in [6, 6.07) is 5.06. The van der Waals surface area contributed by atoms with Crippen molar-refractivity contribution in [3.63, 3.8) is 0 Å². The van der Waals surface area contributed by atoms with Crippen molar-refractivity contribution in [1.82, 2.24) is 15.0 Å². The summed E-state index contributed by atoms with van der Waals surface area (Å²) in [6.45, 7) is 3.93. The zero-order valence-electron chi connectivity index (χ0n) is 11.7. The third-order valence-corrected chi connectivity index (χ3v) is 4.24. The first-order chi connectivity index (χ1) is 10.0. The van der Waals surface area contributed by atoms with Crippen LogP contribution in [-0.4, -0.2) is 15.0 Å². The average molecular weight is 301 g/mol. The lowest BCUT2D eigenvalue weighted by molar-refractivity contribution is 0.844. The van der Waals surface area contributed by atoms with Gasteiger partial charge in [-0.3, -0.25) is 9.78 Å². The van der Waals surface area contributed by atoms with E-state index in [1.54, 1.807) is 29.5 Å². The molecule has 2 aromatic heterocycles. The Kier molecular flexibility index (Phi) is 3.34. The first-order valence-corrected chi connectivity index (χ1v) is 7.39. The minimum Gasteiger partial charge on any atom is -0.399 e. The molecule has 0 fully saturated rings. The lowest BCUT2D eigenvalue weighted by Crippen LogP contribution is -2.15. The fraction of sp³-hybridized carbons (Fsp3) is 0.214. The summed E-state index contributed by atoms with van der Waals surface area (Å²) in [7, 11) is 0. The van der Waals surface area contributed by atoms with Crippen LogP contribution in [0.25, 0.3) is 10.9 Å². The van der Waals surface area contributed by atoms with Gasteiger partial charge in [0, 0.05) is 16.8 Å². The number of nitrogens with two attached hydrogens (primary N) is 1. The van der Waals surface area contributed by atoms with Gasteiger partial charge in [0.15, 0.2) is 0 Å². The number of aromatic nitrogens is 3. The van der Waals surface area contributed by atoms with Gasteiger partial charge < -0.3 is 11.1 Å². The number of nitrogens with one attached hydrogen (secondary N) is 2. The molecule has 0 bridgehead atoms. The number of fused-ring (bicyclic) bond motifs is 1. The van der Waals surface area contributed by atoms with Crippen molar-refractivity contribution in [1.29, 1.82) is 0 Å². The lowest BCUT2D eigenvalue weighted by Gasteiger charge is -2.12. The smallest absolute Gasteiger partial charge is 0.260 e. The third kappa shape index (κ3) is 2.73. The maximum absolute atomic E-state index is 12.1. The molecular formula is C14H15N5OS. The van der Waals surface area contributed by atoms with Gasteiger partial charge in [0.2, 0.25) is 5.95 Å². The Bertz CT molecular complexity index is 854. The van der Waals surface area contributed by atoms with Crippen LogP contribution in [0.15, 0.2) is 28.4 Å². The van der Waals surface area contributed by atoms with Gasteiger partial charge >= 0.3 is 0 Å². The molecule has 0 spiro atoms. The summed E-state index contributed by atoms with van der Waals surface area (Å²) < 4.78 is 0. The molecule has 4 N–H and O–H groups in total. The Morgan fingerprint density at radius 1 is 1.38 bits per heavy atom. The molecule has 2 heterocycles. The largest absolute Gasteiger partial charge is 0.399 e. The molecule has 0 saturated carbocycles. The zero-order chi connectivity index (χ0) is 15.0. The summed E-state index contributed by atoms with van der Waals surface area (Å²) >= 11 is 1.58. The number of thiazole rings is 1. The molecule has 0 aliphatic heterocycles. The Labute approximate surface area is 125 Å². The molecule has 0 saturated heterocycles. The normalized spacial score (nSPS) is 12.5. The van der Waals surface area contributed by atoms with Crippen molar-refractivity contribution in [2.24, 2.45) is 0 Å². The van der Waals surface area contributed by atoms with Crippen LogP contribution in [0.5, 0.6) is 0 Å². The van der Waals surface area contributed by atoms with Crippen molar-refractivity contribution < 1.29 is 0 Å². The fourth-order valence-electron chi connectivity index (χ4n) is 2.06. The van der Waals surface area contributed by atoms with Gasteiger partial charge in [-0.2, -0.15) is 0 Å². The molecule has 108 valence electrons. The highest BCUT2D eigenvalue weighted by Gasteiger charge is 2.11. The van der Waals surface area contributed by atoms with Crippen LogP contribution in [0.1, 0.15) is 23.7 Å². The maximum atomic E-state index is 12.1. The van der Waals surface area contributed by atoms with Gasteiger partial charge in [0.1, 0.15) is 5.01 Å². The number of aryl methyl sites for hydroxylation is 1. The molecule has 3 rings (SSSR count). The molecule has 0 aliphatic rings. The van der Waals surface area contributed by atoms with Gasteiger partial charge in [0.05, 0.1) is 16.9 Å². The predicted octanol–water partition coefficient (Wildman–Crippen LogP) is 2.44. The number of benzene rings is 1. The first-order valence-electron chi connectivity index (χ1n) is 6.51. The number of rotatable bonds is 3. The molecule has 7 heteroatoms. The number of aromatic amines is 1. The summed E-state index contributed by atoms with van der Waals surface area (Å²) in [5.41, 5.74) is 7.61. The Balaban J connectivity index is 1.94. The third-order valence-electron chi connectivity index (χ3n) is 3.09. The molecule has 0 amide bonds. The zero-order valence-corrected chi connectivity index (χ0v) is 12.5. The number of hydrogen-bond acceptors (Lipinski definition) is 6. The Hall–Kier alpha value is -2.41. The summed E-state index contributed by atoms with van der Waals surface area (Å²) in [4.78, 5) is 23.6. The SMILES string of the molecule is Cc1csc(C(C)Nc2nc3ccc(N)cc3c(=O)[nH]2)n1. The van der Waals surface area contributed by atoms with Crippen LogP contribution in [-0.2, 0) is 0 Å². The number of hydrogen-bond donors (Lipinski definition) is 3. The first kappa shape index (κ1) is 13.6. The fourth-order valence-corrected chi connectivity index (χ4v) is 2.87. The maximum Gasteiger partial charge on any atom is 0.260 e. The standard InChI is InChI=1S/C14H15N5OS/c1-7-6-21-13(16-7)8(2)17-14-18-11-4-3-9(15)5-10(11)12(20)19-14/h3-6,8H,15H2,1-2H3,(H2,17,18,19,20). The molecule has 1 unspecified atom stereocenters. The molecule has 21 heavy (non-hydrogen) atoms. The molecular weight excluding hydrogens is 286 g/mol. The number of nitrogen functional groups attached to an aromatic ring is 1. The second-order valence-corrected chi connectivity index (χ2v) is 5.77. The van der Waals surface area contributed by atoms with Crippen LogP contribution in [0.2, 0.25) is 0 Å². The van der Waals surface area contributed by atoms with Crippen molar-refractivity contribution in [2.75, 3.05) is 11.1 Å². The lowest BCUT2D eigenvalue weighted by atomic mass is 10.2. The van der Waals surface area contributed by atoms with Gasteiger partial charge in [-0.25, -0.2) is 9.97 Å². The van der Waals surface area contributed by atoms with E-state index in [1.807, 2.05) is 19.2 Å². The quantitative estimate of drug-likeness (QED) is 0.646. The van der Waals surface area contributed by atoms with E-state index in [4.69, 9.17) is 5.73 Å². The van der Waals surface area contributed by atoms with Crippen molar-refractivity contribution in [3.05, 3.63) is 44.6 Å². The average Bonchev–Trinajstić information content (AvgIpc) is 2.86. The molecule has 1 aromatic carbocycles. The number of nitrogens with zero attached hydrogens (tertiary/aromatic N) is 2. The summed E-state index contributed by atoms with van der Waals surface area (Å²) in [6.07, 6.45) is 0. The van der Waals surface area contributed by atoms with Crippen molar-refractivity contribution in [2.45, 2.75) is 19.9 Å². The van der Waals surface area contributed by atoms with Crippen LogP contribution >= 0.6 is 11.3 Å². The highest BCUT2D eigenvalue weighted by atomic mass is 32.1. The molecule has 1 atom stereocenters. The molecule has 0 radical (unpaired) electrons. The Morgan fingerprint density at radius 3 is 2.90 bits per heavy atom. The van der Waals surface area contributed by atoms with Crippen LogP contribution in [0.3, 0.4) is 0 Å². The van der Waals surface area contributed by atoms with E-state index in [-0.39, 0.29) is 11.6 Å². The second-order valence-electron chi connectivity index (χ2n) is 4.88. The Morgan fingerprint density at radius 2 is 2.19 bits per heavy atom.